The number of carboxylic acids is 1. The molecule has 4 rings (SSSR count). The summed E-state index contributed by atoms with van der Waals surface area (Å²) in [5.74, 6) is -0.341. The monoisotopic (exact) mass is 350 g/mol. The molecule has 0 aromatic carbocycles. The Balaban J connectivity index is 1.99. The van der Waals surface area contributed by atoms with E-state index in [1.165, 1.54) is 4.40 Å². The van der Waals surface area contributed by atoms with Gasteiger partial charge in [-0.1, -0.05) is 0 Å². The van der Waals surface area contributed by atoms with E-state index in [9.17, 15) is 14.7 Å². The van der Waals surface area contributed by atoms with Crippen LogP contribution >= 0.6 is 0 Å². The molecule has 1 saturated carbocycles. The first-order chi connectivity index (χ1) is 12.5. The summed E-state index contributed by atoms with van der Waals surface area (Å²) in [5, 5.41) is 9.37. The average molecular weight is 350 g/mol. The summed E-state index contributed by atoms with van der Waals surface area (Å²) in [7, 11) is 1.57. The molecule has 0 bridgehead atoms. The average Bonchev–Trinajstić information content (AvgIpc) is 3.47. The third-order valence-corrected chi connectivity index (χ3v) is 4.92. The maximum absolute atomic E-state index is 12.6. The van der Waals surface area contributed by atoms with Gasteiger partial charge < -0.3 is 9.84 Å². The highest BCUT2D eigenvalue weighted by atomic mass is 16.5. The molecule has 3 aromatic heterocycles. The maximum Gasteiger partial charge on any atom is 0.341 e. The third kappa shape index (κ3) is 2.54. The van der Waals surface area contributed by atoms with Gasteiger partial charge in [0.1, 0.15) is 5.56 Å². The van der Waals surface area contributed by atoms with Crippen molar-refractivity contribution in [3.8, 4) is 17.0 Å². The summed E-state index contributed by atoms with van der Waals surface area (Å²) in [5.41, 5.74) is 3.88. The van der Waals surface area contributed by atoms with E-state index in [4.69, 9.17) is 4.74 Å². The van der Waals surface area contributed by atoms with Crippen molar-refractivity contribution in [1.29, 1.82) is 0 Å². The smallest absolute Gasteiger partial charge is 0.341 e. The highest BCUT2D eigenvalue weighted by molar-refractivity contribution is 5.89. The van der Waals surface area contributed by atoms with Crippen molar-refractivity contribution >= 4 is 11.5 Å². The molecule has 1 fully saturated rings. The van der Waals surface area contributed by atoms with Crippen molar-refractivity contribution in [2.75, 3.05) is 7.11 Å². The van der Waals surface area contributed by atoms with Crippen molar-refractivity contribution in [2.45, 2.75) is 25.7 Å². The molecule has 132 valence electrons. The summed E-state index contributed by atoms with van der Waals surface area (Å²) in [4.78, 5) is 28.3. The van der Waals surface area contributed by atoms with Crippen molar-refractivity contribution in [2.24, 2.45) is 0 Å². The highest BCUT2D eigenvalue weighted by Gasteiger charge is 2.29. The number of methoxy groups -OCH3 is 1. The minimum Gasteiger partial charge on any atom is -0.481 e. The Morgan fingerprint density at radius 3 is 2.65 bits per heavy atom. The SMILES string of the molecule is COc1ccc(-c2ccn3c(=O)c(C(=O)O)cc(C4CC4)c3c2C)cn1. The summed E-state index contributed by atoms with van der Waals surface area (Å²) < 4.78 is 6.57. The number of aromatic nitrogens is 2. The first-order valence-electron chi connectivity index (χ1n) is 8.44. The topological polar surface area (TPSA) is 80.9 Å². The zero-order valence-corrected chi connectivity index (χ0v) is 14.5. The Morgan fingerprint density at radius 1 is 1.31 bits per heavy atom. The van der Waals surface area contributed by atoms with E-state index >= 15 is 0 Å². The predicted octanol–water partition coefficient (Wildman–Crippen LogP) is 3.25. The van der Waals surface area contributed by atoms with Gasteiger partial charge in [0.2, 0.25) is 5.88 Å². The normalized spacial score (nSPS) is 13.8. The lowest BCUT2D eigenvalue weighted by Gasteiger charge is -2.15. The molecule has 0 atom stereocenters. The van der Waals surface area contributed by atoms with Gasteiger partial charge in [0.15, 0.2) is 0 Å². The molecule has 3 heterocycles. The molecular formula is C20H18N2O4. The number of pyridine rings is 3. The van der Waals surface area contributed by atoms with Crippen LogP contribution < -0.4 is 10.3 Å². The van der Waals surface area contributed by atoms with Crippen LogP contribution in [-0.4, -0.2) is 27.6 Å². The highest BCUT2D eigenvalue weighted by Crippen LogP contribution is 2.43. The van der Waals surface area contributed by atoms with Crippen molar-refractivity contribution < 1.29 is 14.6 Å². The van der Waals surface area contributed by atoms with Gasteiger partial charge >= 0.3 is 5.97 Å². The van der Waals surface area contributed by atoms with Crippen LogP contribution in [0.2, 0.25) is 0 Å². The van der Waals surface area contributed by atoms with Crippen LogP contribution in [0.15, 0.2) is 41.5 Å². The lowest BCUT2D eigenvalue weighted by Crippen LogP contribution is -2.23. The standard InChI is InChI=1S/C20H18N2O4/c1-11-14(13-5-6-17(26-2)21-10-13)7-8-22-18(11)15(12-3-4-12)9-16(19(22)23)20(24)25/h5-10,12H,3-4H2,1-2H3,(H,24,25). The number of fused-ring (bicyclic) bond motifs is 1. The molecule has 6 nitrogen and oxygen atoms in total. The molecule has 0 radical (unpaired) electrons. The predicted molar refractivity (Wildman–Crippen MR) is 97.1 cm³/mol. The van der Waals surface area contributed by atoms with Crippen LogP contribution in [0.25, 0.3) is 16.6 Å². The second-order valence-electron chi connectivity index (χ2n) is 6.56. The van der Waals surface area contributed by atoms with Gasteiger partial charge in [0, 0.05) is 24.0 Å². The van der Waals surface area contributed by atoms with Crippen molar-refractivity contribution in [3.05, 3.63) is 63.7 Å². The lowest BCUT2D eigenvalue weighted by atomic mass is 9.97. The molecule has 0 aliphatic heterocycles. The van der Waals surface area contributed by atoms with E-state index in [0.29, 0.717) is 11.8 Å². The lowest BCUT2D eigenvalue weighted by molar-refractivity contribution is 0.0694. The Hall–Kier alpha value is -3.15. The first kappa shape index (κ1) is 16.3. The number of rotatable bonds is 4. The minimum atomic E-state index is -1.19. The fraction of sp³-hybridized carbons (Fsp3) is 0.250. The van der Waals surface area contributed by atoms with Gasteiger partial charge in [-0.2, -0.15) is 0 Å². The number of hydrogen-bond donors (Lipinski definition) is 1. The molecule has 0 amide bonds. The number of hydrogen-bond acceptors (Lipinski definition) is 4. The van der Waals surface area contributed by atoms with E-state index in [0.717, 1.165) is 40.6 Å². The zero-order chi connectivity index (χ0) is 18.4. The number of aryl methyl sites for hydroxylation is 1. The van der Waals surface area contributed by atoms with Crippen LogP contribution in [0, 0.1) is 6.92 Å². The quantitative estimate of drug-likeness (QED) is 0.781. The Morgan fingerprint density at radius 2 is 2.08 bits per heavy atom. The summed E-state index contributed by atoms with van der Waals surface area (Å²) in [6.45, 7) is 1.96. The van der Waals surface area contributed by atoms with E-state index in [1.54, 1.807) is 31.6 Å². The summed E-state index contributed by atoms with van der Waals surface area (Å²) >= 11 is 0. The second kappa shape index (κ2) is 5.98. The molecule has 6 heteroatoms. The van der Waals surface area contributed by atoms with Gasteiger partial charge in [-0.3, -0.25) is 9.20 Å². The van der Waals surface area contributed by atoms with Crippen LogP contribution in [0.3, 0.4) is 0 Å². The fourth-order valence-corrected chi connectivity index (χ4v) is 3.43. The number of carbonyl (C=O) groups is 1. The summed E-state index contributed by atoms with van der Waals surface area (Å²) in [6, 6.07) is 7.10. The molecule has 0 saturated heterocycles. The number of aromatic carboxylic acids is 1. The molecule has 1 aliphatic rings. The molecule has 1 aliphatic carbocycles. The van der Waals surface area contributed by atoms with Gasteiger partial charge in [-0.15, -0.1) is 0 Å². The van der Waals surface area contributed by atoms with Crippen molar-refractivity contribution in [3.63, 3.8) is 0 Å². The van der Waals surface area contributed by atoms with E-state index in [2.05, 4.69) is 4.98 Å². The van der Waals surface area contributed by atoms with E-state index in [-0.39, 0.29) is 5.56 Å². The van der Waals surface area contributed by atoms with Gasteiger partial charge in [-0.25, -0.2) is 9.78 Å². The van der Waals surface area contributed by atoms with Crippen LogP contribution in [0.1, 0.15) is 40.2 Å². The van der Waals surface area contributed by atoms with Crippen LogP contribution in [-0.2, 0) is 0 Å². The Bertz CT molecular complexity index is 1080. The molecule has 0 unspecified atom stereocenters. The zero-order valence-electron chi connectivity index (χ0n) is 14.5. The van der Waals surface area contributed by atoms with Crippen LogP contribution in [0.4, 0.5) is 0 Å². The van der Waals surface area contributed by atoms with Gasteiger partial charge in [-0.05, 0) is 60.6 Å². The van der Waals surface area contributed by atoms with E-state index in [1.807, 2.05) is 19.1 Å². The third-order valence-electron chi connectivity index (χ3n) is 4.92. The minimum absolute atomic E-state index is 0.178. The number of nitrogens with zero attached hydrogens (tertiary/aromatic N) is 2. The first-order valence-corrected chi connectivity index (χ1v) is 8.44. The summed E-state index contributed by atoms with van der Waals surface area (Å²) in [6.07, 6.45) is 5.42. The fourth-order valence-electron chi connectivity index (χ4n) is 3.43. The maximum atomic E-state index is 12.6. The van der Waals surface area contributed by atoms with Crippen LogP contribution in [0.5, 0.6) is 5.88 Å². The Kier molecular flexibility index (Phi) is 3.76. The molecule has 0 spiro atoms. The largest absolute Gasteiger partial charge is 0.481 e. The molecule has 26 heavy (non-hydrogen) atoms. The van der Waals surface area contributed by atoms with E-state index < -0.39 is 11.5 Å². The second-order valence-corrected chi connectivity index (χ2v) is 6.56. The van der Waals surface area contributed by atoms with Crippen molar-refractivity contribution in [1.82, 2.24) is 9.38 Å². The van der Waals surface area contributed by atoms with Gasteiger partial charge in [0.25, 0.3) is 5.56 Å². The number of ether oxygens (including phenoxy) is 1. The number of carboxylic acid groups (broad SMARTS) is 1. The molecular weight excluding hydrogens is 332 g/mol. The molecule has 1 N–H and O–H groups in total. The van der Waals surface area contributed by atoms with Gasteiger partial charge in [0.05, 0.1) is 12.6 Å². The molecule has 3 aromatic rings. The Labute approximate surface area is 149 Å².